The second-order valence-corrected chi connectivity index (χ2v) is 4.57. The second kappa shape index (κ2) is 4.44. The molecular weight excluding hydrogens is 291 g/mol. The van der Waals surface area contributed by atoms with Crippen molar-refractivity contribution in [2.45, 2.75) is 6.92 Å². The molecule has 0 amide bonds. The Bertz CT molecular complexity index is 546. The van der Waals surface area contributed by atoms with Gasteiger partial charge >= 0.3 is 0 Å². The van der Waals surface area contributed by atoms with E-state index in [1.54, 1.807) is 37.3 Å². The van der Waals surface area contributed by atoms with Crippen LogP contribution in [0.3, 0.4) is 0 Å². The van der Waals surface area contributed by atoms with Gasteiger partial charge in [-0.3, -0.25) is 4.79 Å². The maximum atomic E-state index is 12.0. The van der Waals surface area contributed by atoms with Crippen LogP contribution >= 0.6 is 27.5 Å². The number of furan rings is 1. The lowest BCUT2D eigenvalue weighted by Gasteiger charge is -2.02. The van der Waals surface area contributed by atoms with Crippen LogP contribution in [0.5, 0.6) is 0 Å². The monoisotopic (exact) mass is 298 g/mol. The van der Waals surface area contributed by atoms with E-state index >= 15 is 0 Å². The van der Waals surface area contributed by atoms with Crippen molar-refractivity contribution in [3.63, 3.8) is 0 Å². The molecule has 0 radical (unpaired) electrons. The third-order valence-electron chi connectivity index (χ3n) is 2.16. The number of hydrogen-bond acceptors (Lipinski definition) is 2. The van der Waals surface area contributed by atoms with Crippen LogP contribution in [-0.2, 0) is 0 Å². The van der Waals surface area contributed by atoms with E-state index in [-0.39, 0.29) is 5.78 Å². The van der Waals surface area contributed by atoms with E-state index in [2.05, 4.69) is 15.9 Å². The van der Waals surface area contributed by atoms with Crippen molar-refractivity contribution in [3.05, 3.63) is 56.9 Å². The highest BCUT2D eigenvalue weighted by atomic mass is 79.9. The molecule has 0 saturated heterocycles. The Kier molecular flexibility index (Phi) is 3.17. The molecule has 82 valence electrons. The fourth-order valence-electron chi connectivity index (χ4n) is 1.37. The first kappa shape index (κ1) is 11.4. The summed E-state index contributed by atoms with van der Waals surface area (Å²) in [6.07, 6.45) is 0. The summed E-state index contributed by atoms with van der Waals surface area (Å²) < 4.78 is 5.97. The van der Waals surface area contributed by atoms with E-state index in [0.717, 1.165) is 0 Å². The number of carbonyl (C=O) groups excluding carboxylic acids is 1. The van der Waals surface area contributed by atoms with Crippen molar-refractivity contribution >= 4 is 33.3 Å². The molecule has 4 heteroatoms. The van der Waals surface area contributed by atoms with Gasteiger partial charge in [0.25, 0.3) is 0 Å². The van der Waals surface area contributed by atoms with Gasteiger partial charge in [0.15, 0.2) is 5.76 Å². The maximum absolute atomic E-state index is 12.0. The molecule has 0 aliphatic rings. The molecule has 0 unspecified atom stereocenters. The first-order valence-corrected chi connectivity index (χ1v) is 5.82. The van der Waals surface area contributed by atoms with Gasteiger partial charge in [0.1, 0.15) is 5.76 Å². The molecule has 1 aromatic carbocycles. The number of halogens is 2. The largest absolute Gasteiger partial charge is 0.458 e. The minimum atomic E-state index is -0.209. The summed E-state index contributed by atoms with van der Waals surface area (Å²) in [5.41, 5.74) is 0.436. The van der Waals surface area contributed by atoms with Crippen LogP contribution in [0.25, 0.3) is 0 Å². The van der Waals surface area contributed by atoms with Gasteiger partial charge in [0.05, 0.1) is 5.02 Å². The third kappa shape index (κ3) is 2.06. The molecule has 2 nitrogen and oxygen atoms in total. The van der Waals surface area contributed by atoms with Crippen molar-refractivity contribution < 1.29 is 9.21 Å². The van der Waals surface area contributed by atoms with Gasteiger partial charge in [-0.1, -0.05) is 17.7 Å². The minimum Gasteiger partial charge on any atom is -0.458 e. The normalized spacial score (nSPS) is 10.4. The molecule has 0 bridgehead atoms. The Morgan fingerprint density at radius 3 is 2.69 bits per heavy atom. The van der Waals surface area contributed by atoms with E-state index in [1.807, 2.05) is 0 Å². The highest BCUT2D eigenvalue weighted by molar-refractivity contribution is 9.10. The Balaban J connectivity index is 2.45. The fourth-order valence-corrected chi connectivity index (χ4v) is 1.95. The molecule has 0 aliphatic carbocycles. The maximum Gasteiger partial charge on any atom is 0.229 e. The Morgan fingerprint density at radius 2 is 2.06 bits per heavy atom. The standard InChI is InChI=1S/C12H8BrClO2/c1-7-5-6-10(16-7)12(15)8-3-2-4-9(13)11(8)14/h2-6H,1H3. The SMILES string of the molecule is Cc1ccc(C(=O)c2cccc(Br)c2Cl)o1. The Hall–Kier alpha value is -1.06. The summed E-state index contributed by atoms with van der Waals surface area (Å²) in [6.45, 7) is 1.79. The summed E-state index contributed by atoms with van der Waals surface area (Å²) in [7, 11) is 0. The van der Waals surface area contributed by atoms with Crippen LogP contribution in [0, 0.1) is 6.92 Å². The quantitative estimate of drug-likeness (QED) is 0.777. The molecule has 0 atom stereocenters. The second-order valence-electron chi connectivity index (χ2n) is 3.34. The molecule has 0 fully saturated rings. The molecule has 1 heterocycles. The van der Waals surface area contributed by atoms with Gasteiger partial charge in [-0.25, -0.2) is 0 Å². The van der Waals surface area contributed by atoms with Gasteiger partial charge in [0, 0.05) is 10.0 Å². The number of rotatable bonds is 2. The molecular formula is C12H8BrClO2. The van der Waals surface area contributed by atoms with Gasteiger partial charge < -0.3 is 4.42 Å². The van der Waals surface area contributed by atoms with Crippen molar-refractivity contribution in [3.8, 4) is 0 Å². The van der Waals surface area contributed by atoms with E-state index in [0.29, 0.717) is 26.6 Å². The van der Waals surface area contributed by atoms with Crippen molar-refractivity contribution in [2.24, 2.45) is 0 Å². The number of benzene rings is 1. The zero-order chi connectivity index (χ0) is 11.7. The van der Waals surface area contributed by atoms with E-state index in [4.69, 9.17) is 16.0 Å². The van der Waals surface area contributed by atoms with Crippen LogP contribution in [0.1, 0.15) is 21.9 Å². The van der Waals surface area contributed by atoms with Crippen molar-refractivity contribution in [1.29, 1.82) is 0 Å². The van der Waals surface area contributed by atoms with Crippen LogP contribution in [0.4, 0.5) is 0 Å². The Labute approximate surface area is 106 Å². The van der Waals surface area contributed by atoms with E-state index in [9.17, 15) is 4.79 Å². The summed E-state index contributed by atoms with van der Waals surface area (Å²) in [5, 5.41) is 0.404. The van der Waals surface area contributed by atoms with Crippen molar-refractivity contribution in [1.82, 2.24) is 0 Å². The van der Waals surface area contributed by atoms with Gasteiger partial charge in [-0.2, -0.15) is 0 Å². The van der Waals surface area contributed by atoms with Crippen molar-refractivity contribution in [2.75, 3.05) is 0 Å². The topological polar surface area (TPSA) is 30.2 Å². The first-order valence-electron chi connectivity index (χ1n) is 4.65. The number of aryl methyl sites for hydroxylation is 1. The predicted octanol–water partition coefficient (Wildman–Crippen LogP) is 4.23. The van der Waals surface area contributed by atoms with Gasteiger partial charge in [0.2, 0.25) is 5.78 Å². The lowest BCUT2D eigenvalue weighted by Crippen LogP contribution is -2.00. The molecule has 0 N–H and O–H groups in total. The molecule has 0 aliphatic heterocycles. The van der Waals surface area contributed by atoms with Gasteiger partial charge in [-0.15, -0.1) is 0 Å². The summed E-state index contributed by atoms with van der Waals surface area (Å²) in [6, 6.07) is 8.62. The minimum absolute atomic E-state index is 0.209. The van der Waals surface area contributed by atoms with Crippen LogP contribution in [0.15, 0.2) is 39.2 Å². The lowest BCUT2D eigenvalue weighted by molar-refractivity contribution is 0.101. The third-order valence-corrected chi connectivity index (χ3v) is 3.46. The molecule has 1 aromatic heterocycles. The zero-order valence-electron chi connectivity index (χ0n) is 8.46. The number of carbonyl (C=O) groups is 1. The molecule has 2 rings (SSSR count). The Morgan fingerprint density at radius 1 is 1.31 bits per heavy atom. The first-order chi connectivity index (χ1) is 7.59. The predicted molar refractivity (Wildman–Crippen MR) is 66.0 cm³/mol. The number of hydrogen-bond donors (Lipinski definition) is 0. The number of ketones is 1. The average Bonchev–Trinajstić information content (AvgIpc) is 2.68. The van der Waals surface area contributed by atoms with E-state index in [1.165, 1.54) is 0 Å². The fraction of sp³-hybridized carbons (Fsp3) is 0.0833. The highest BCUT2D eigenvalue weighted by Gasteiger charge is 2.17. The average molecular weight is 300 g/mol. The molecule has 2 aromatic rings. The molecule has 0 saturated carbocycles. The van der Waals surface area contributed by atoms with Crippen LogP contribution < -0.4 is 0 Å². The molecule has 0 spiro atoms. The van der Waals surface area contributed by atoms with Crippen LogP contribution in [0.2, 0.25) is 5.02 Å². The highest BCUT2D eigenvalue weighted by Crippen LogP contribution is 2.28. The zero-order valence-corrected chi connectivity index (χ0v) is 10.8. The van der Waals surface area contributed by atoms with Gasteiger partial charge in [-0.05, 0) is 47.1 Å². The summed E-state index contributed by atoms with van der Waals surface area (Å²) in [5.74, 6) is 0.798. The lowest BCUT2D eigenvalue weighted by atomic mass is 10.1. The molecule has 16 heavy (non-hydrogen) atoms. The smallest absolute Gasteiger partial charge is 0.229 e. The van der Waals surface area contributed by atoms with Crippen LogP contribution in [-0.4, -0.2) is 5.78 Å². The summed E-state index contributed by atoms with van der Waals surface area (Å²) >= 11 is 9.31. The van der Waals surface area contributed by atoms with E-state index < -0.39 is 0 Å². The summed E-state index contributed by atoms with van der Waals surface area (Å²) in [4.78, 5) is 12.0.